The Labute approximate surface area is 247 Å². The number of Topliss-reactive ketones (excluding diaryl/α,β-unsaturated/α-hetero) is 1. The van der Waals surface area contributed by atoms with Crippen LogP contribution < -0.4 is 4.52 Å². The molecule has 0 saturated carbocycles. The van der Waals surface area contributed by atoms with E-state index in [0.29, 0.717) is 23.1 Å². The van der Waals surface area contributed by atoms with Crippen LogP contribution >= 0.6 is 7.82 Å². The van der Waals surface area contributed by atoms with Crippen molar-refractivity contribution in [2.24, 2.45) is 0 Å². The number of benzene rings is 3. The normalized spacial score (nSPS) is 11.7. The van der Waals surface area contributed by atoms with Crippen LogP contribution in [0.4, 0.5) is 0 Å². The molecule has 0 aliphatic carbocycles. The fourth-order valence-electron chi connectivity index (χ4n) is 5.11. The van der Waals surface area contributed by atoms with Crippen molar-refractivity contribution in [3.05, 3.63) is 77.4 Å². The Morgan fingerprint density at radius 1 is 0.762 bits per heavy atom. The van der Waals surface area contributed by atoms with Crippen LogP contribution in [0.2, 0.25) is 0 Å². The van der Waals surface area contributed by atoms with Crippen molar-refractivity contribution in [3.8, 4) is 5.75 Å². The number of aryl methyl sites for hydroxylation is 1. The van der Waals surface area contributed by atoms with Crippen molar-refractivity contribution in [2.45, 2.75) is 66.3 Å². The van der Waals surface area contributed by atoms with E-state index in [4.69, 9.17) is 19.0 Å². The van der Waals surface area contributed by atoms with Gasteiger partial charge >= 0.3 is 7.82 Å². The molecule has 42 heavy (non-hydrogen) atoms. The molecule has 0 unspecified atom stereocenters. The Kier molecular flexibility index (Phi) is 10.5. The van der Waals surface area contributed by atoms with E-state index in [9.17, 15) is 14.2 Å². The first-order chi connectivity index (χ1) is 20.2. The first kappa shape index (κ1) is 31.4. The van der Waals surface area contributed by atoms with Gasteiger partial charge in [0.25, 0.3) is 0 Å². The summed E-state index contributed by atoms with van der Waals surface area (Å²) in [7, 11) is -3.74. The lowest BCUT2D eigenvalue weighted by molar-refractivity contribution is 0.103. The highest BCUT2D eigenvalue weighted by atomic mass is 31.2. The third-order valence-corrected chi connectivity index (χ3v) is 8.75. The molecule has 1 heterocycles. The monoisotopic (exact) mass is 590 g/mol. The zero-order valence-corrected chi connectivity index (χ0v) is 25.7. The molecule has 1 N–H and O–H groups in total. The Bertz CT molecular complexity index is 1630. The molecule has 0 aliphatic rings. The average Bonchev–Trinajstić information content (AvgIpc) is 3.31. The second kappa shape index (κ2) is 14.1. The number of ketones is 2. The smallest absolute Gasteiger partial charge is 0.404 e. The maximum absolute atomic E-state index is 13.5. The van der Waals surface area contributed by atoms with Gasteiger partial charge in [-0.2, -0.15) is 0 Å². The molecule has 222 valence electrons. The summed E-state index contributed by atoms with van der Waals surface area (Å²) in [6.07, 6.45) is 4.54. The van der Waals surface area contributed by atoms with Crippen LogP contribution in [0.5, 0.6) is 5.75 Å². The molecule has 0 bridgehead atoms. The van der Waals surface area contributed by atoms with Crippen LogP contribution in [0.15, 0.2) is 60.7 Å². The number of carbonyl (C=O) groups excluding carboxylic acids is 2. The van der Waals surface area contributed by atoms with E-state index >= 15 is 0 Å². The lowest BCUT2D eigenvalue weighted by atomic mass is 9.98. The highest BCUT2D eigenvalue weighted by Gasteiger charge is 2.27. The van der Waals surface area contributed by atoms with E-state index in [0.717, 1.165) is 54.0 Å². The van der Waals surface area contributed by atoms with E-state index < -0.39 is 7.82 Å². The predicted octanol–water partition coefficient (Wildman–Crippen LogP) is 8.78. The van der Waals surface area contributed by atoms with Crippen molar-refractivity contribution >= 4 is 46.9 Å². The number of phosphoric acid groups is 1. The summed E-state index contributed by atoms with van der Waals surface area (Å²) in [5.74, 6) is -0.162. The molecule has 4 aromatic rings. The van der Waals surface area contributed by atoms with E-state index in [1.165, 1.54) is 0 Å². The first-order valence-corrected chi connectivity index (χ1v) is 16.1. The molecule has 0 aliphatic heterocycles. The van der Waals surface area contributed by atoms with Gasteiger partial charge in [0.2, 0.25) is 5.78 Å². The van der Waals surface area contributed by atoms with Crippen molar-refractivity contribution in [2.75, 3.05) is 13.2 Å². The molecule has 4 rings (SSSR count). The minimum Gasteiger partial charge on any atom is -0.404 e. The van der Waals surface area contributed by atoms with E-state index in [2.05, 4.69) is 18.4 Å². The minimum absolute atomic E-state index is 0.131. The van der Waals surface area contributed by atoms with Gasteiger partial charge in [-0.1, -0.05) is 26.2 Å². The molecule has 0 spiro atoms. The lowest BCUT2D eigenvalue weighted by Gasteiger charge is -2.17. The predicted molar refractivity (Wildman–Crippen MR) is 167 cm³/mol. The molecule has 8 nitrogen and oxygen atoms in total. The fourth-order valence-corrected chi connectivity index (χ4v) is 6.30. The number of aromatic nitrogens is 1. The van der Waals surface area contributed by atoms with Gasteiger partial charge < -0.3 is 14.5 Å². The largest absolute Gasteiger partial charge is 0.530 e. The number of phosphoric ester groups is 1. The van der Waals surface area contributed by atoms with Gasteiger partial charge in [-0.05, 0) is 94.3 Å². The van der Waals surface area contributed by atoms with Crippen LogP contribution in [0.25, 0.3) is 21.8 Å². The number of hydrogen-bond donors (Lipinski definition) is 1. The van der Waals surface area contributed by atoms with E-state index in [1.54, 1.807) is 50.2 Å². The number of rotatable bonds is 16. The molecular weight excluding hydrogens is 551 g/mol. The maximum atomic E-state index is 13.5. The van der Waals surface area contributed by atoms with Crippen LogP contribution in [-0.4, -0.2) is 35.1 Å². The van der Waals surface area contributed by atoms with Gasteiger partial charge in [-0.3, -0.25) is 18.6 Å². The number of fused-ring (bicyclic) bond motifs is 3. The highest BCUT2D eigenvalue weighted by molar-refractivity contribution is 7.48. The van der Waals surface area contributed by atoms with Gasteiger partial charge in [-0.25, -0.2) is 4.57 Å². The SMILES string of the molecule is CCCCCCC(=N)C(=O)c1ccc2c(c1)c1cc(C(=O)c3ccc(OP(=O)(OCC)OCC)cc3)ccc1n2CC. The molecule has 0 fully saturated rings. The second-order valence-electron chi connectivity index (χ2n) is 10.1. The van der Waals surface area contributed by atoms with Gasteiger partial charge in [-0.15, -0.1) is 0 Å². The Balaban J connectivity index is 1.63. The molecule has 0 saturated heterocycles. The number of hydrogen-bond acceptors (Lipinski definition) is 7. The molecular formula is C33H39N2O6P. The molecule has 0 amide bonds. The first-order valence-electron chi connectivity index (χ1n) is 14.7. The van der Waals surface area contributed by atoms with E-state index in [1.807, 2.05) is 24.3 Å². The van der Waals surface area contributed by atoms with Crippen molar-refractivity contribution in [1.82, 2.24) is 4.57 Å². The Hall–Kier alpha value is -3.58. The third kappa shape index (κ3) is 6.89. The lowest BCUT2D eigenvalue weighted by Crippen LogP contribution is -2.13. The average molecular weight is 591 g/mol. The second-order valence-corrected chi connectivity index (χ2v) is 11.6. The summed E-state index contributed by atoms with van der Waals surface area (Å²) >= 11 is 0. The topological polar surface area (TPSA) is 108 Å². The molecule has 1 aromatic heterocycles. The van der Waals surface area contributed by atoms with Crippen LogP contribution in [-0.2, 0) is 20.2 Å². The Morgan fingerprint density at radius 3 is 1.90 bits per heavy atom. The molecule has 9 heteroatoms. The van der Waals surface area contributed by atoms with Crippen molar-refractivity contribution in [1.29, 1.82) is 5.41 Å². The van der Waals surface area contributed by atoms with Gasteiger partial charge in [0.15, 0.2) is 5.78 Å². The third-order valence-electron chi connectivity index (χ3n) is 7.17. The standard InChI is InChI=1S/C33H39N2O6P/c1-5-9-10-11-12-29(34)33(37)25-16-20-31-28(22-25)27-21-24(15-19-30(27)35(31)6-2)32(36)23-13-17-26(18-14-23)41-42(38,39-7-3)40-8-4/h13-22,34H,5-12H2,1-4H3. The summed E-state index contributed by atoms with van der Waals surface area (Å²) in [6, 6.07) is 17.5. The quantitative estimate of drug-likeness (QED) is 0.0605. The summed E-state index contributed by atoms with van der Waals surface area (Å²) in [6.45, 7) is 8.65. The zero-order valence-electron chi connectivity index (χ0n) is 24.8. The summed E-state index contributed by atoms with van der Waals surface area (Å²) < 4.78 is 30.7. The fraction of sp³-hybridized carbons (Fsp3) is 0.364. The van der Waals surface area contributed by atoms with Crippen LogP contribution in [0.1, 0.15) is 86.1 Å². The zero-order chi connectivity index (χ0) is 30.3. The molecule has 3 aromatic carbocycles. The summed E-state index contributed by atoms with van der Waals surface area (Å²) in [5, 5.41) is 10.1. The van der Waals surface area contributed by atoms with Crippen LogP contribution in [0.3, 0.4) is 0 Å². The number of nitrogens with zero attached hydrogens (tertiary/aromatic N) is 1. The summed E-state index contributed by atoms with van der Waals surface area (Å²) in [5.41, 5.74) is 3.50. The number of unbranched alkanes of at least 4 members (excludes halogenated alkanes) is 3. The molecule has 0 radical (unpaired) electrons. The van der Waals surface area contributed by atoms with Gasteiger partial charge in [0, 0.05) is 45.0 Å². The molecule has 0 atom stereocenters. The van der Waals surface area contributed by atoms with Crippen molar-refractivity contribution in [3.63, 3.8) is 0 Å². The highest BCUT2D eigenvalue weighted by Crippen LogP contribution is 2.49. The summed E-state index contributed by atoms with van der Waals surface area (Å²) in [4.78, 5) is 26.6. The number of nitrogens with one attached hydrogen (secondary N) is 1. The maximum Gasteiger partial charge on any atom is 0.530 e. The van der Waals surface area contributed by atoms with Crippen LogP contribution in [0, 0.1) is 5.41 Å². The Morgan fingerprint density at radius 2 is 1.33 bits per heavy atom. The minimum atomic E-state index is -3.74. The number of carbonyl (C=O) groups is 2. The van der Waals surface area contributed by atoms with E-state index in [-0.39, 0.29) is 36.2 Å². The van der Waals surface area contributed by atoms with Gasteiger partial charge in [0.1, 0.15) is 5.75 Å². The van der Waals surface area contributed by atoms with Gasteiger partial charge in [0.05, 0.1) is 18.9 Å². The van der Waals surface area contributed by atoms with Crippen molar-refractivity contribution < 1.29 is 27.7 Å².